The number of aromatic amines is 3. The van der Waals surface area contributed by atoms with Gasteiger partial charge < -0.3 is 121 Å². The van der Waals surface area contributed by atoms with E-state index in [-0.39, 0.29) is 107 Å². The fourth-order valence-electron chi connectivity index (χ4n) is 14.5. The van der Waals surface area contributed by atoms with E-state index >= 15 is 0 Å². The molecule has 0 aromatic carbocycles. The Bertz CT molecular complexity index is 6280. The van der Waals surface area contributed by atoms with Crippen molar-refractivity contribution in [3.05, 3.63) is 129 Å². The number of hydrogen-bond acceptors (Lipinski definition) is 42. The van der Waals surface area contributed by atoms with Crippen molar-refractivity contribution in [2.24, 2.45) is 0 Å². The van der Waals surface area contributed by atoms with Crippen LogP contribution in [0.5, 0.6) is 0 Å². The zero-order valence-electron chi connectivity index (χ0n) is 64.5. The van der Waals surface area contributed by atoms with Crippen molar-refractivity contribution in [1.82, 2.24) is 87.2 Å². The number of fused-ring (bicyclic) bond motifs is 3. The van der Waals surface area contributed by atoms with Gasteiger partial charge >= 0.3 is 57.5 Å². The van der Waals surface area contributed by atoms with Crippen molar-refractivity contribution in [2.75, 3.05) is 56.0 Å². The van der Waals surface area contributed by atoms with Crippen molar-refractivity contribution in [1.29, 1.82) is 0 Å². The second kappa shape index (κ2) is 36.6. The van der Waals surface area contributed by atoms with Crippen LogP contribution in [0.25, 0.3) is 33.5 Å². The Kier molecular flexibility index (Phi) is 27.3. The molecule has 0 spiro atoms. The molecule has 0 saturated carbocycles. The molecule has 52 nitrogen and oxygen atoms in total. The molecule has 11 unspecified atom stereocenters. The number of H-pyrrole nitrogens is 3. The normalized spacial score (nSPS) is 29.2. The van der Waals surface area contributed by atoms with E-state index < -0.39 is 218 Å². The van der Waals surface area contributed by atoms with Gasteiger partial charge in [0.05, 0.1) is 88.6 Å². The van der Waals surface area contributed by atoms with Gasteiger partial charge in [0.25, 0.3) is 16.7 Å². The average molecular weight is 1970 g/mol. The lowest BCUT2D eigenvalue weighted by Gasteiger charge is -2.28. The molecule has 9 aromatic rings. The molecule has 0 aliphatic carbocycles. The number of hydrogen-bond donors (Lipinski definition) is 14. The third-order valence-corrected chi connectivity index (χ3v) is 29.2. The molecule has 6 aliphatic rings. The van der Waals surface area contributed by atoms with Crippen molar-refractivity contribution >= 4 is 169 Å². The molecule has 124 heavy (non-hydrogen) atoms. The predicted octanol–water partition coefficient (Wildman–Crippen LogP) is 0.664. The number of aryl methyl sites for hydroxylation is 3. The highest BCUT2D eigenvalue weighted by Crippen LogP contribution is 2.60. The van der Waals surface area contributed by atoms with Crippen LogP contribution in [0, 0.1) is 20.8 Å². The highest BCUT2D eigenvalue weighted by molar-refractivity contribution is 8.44. The molecule has 23 atom stereocenters. The van der Waals surface area contributed by atoms with Crippen LogP contribution in [0.15, 0.2) is 79.0 Å². The smallest absolute Gasteiger partial charge is 0.383 e. The molecule has 15 heterocycles. The summed E-state index contributed by atoms with van der Waals surface area (Å²) in [5.41, 5.74) is 20.9. The second-order valence-electron chi connectivity index (χ2n) is 28.9. The predicted molar refractivity (Wildman–Crippen MR) is 449 cm³/mol. The van der Waals surface area contributed by atoms with E-state index in [4.69, 9.17) is 160 Å². The van der Waals surface area contributed by atoms with Crippen LogP contribution in [0.3, 0.4) is 0 Å². The number of nitrogens with two attached hydrogens (primary N) is 4. The van der Waals surface area contributed by atoms with E-state index in [1.54, 1.807) is 13.8 Å². The third kappa shape index (κ3) is 21.1. The van der Waals surface area contributed by atoms with Crippen LogP contribution in [-0.4, -0.2) is 223 Å². The lowest BCUT2D eigenvalue weighted by Crippen LogP contribution is -2.33. The van der Waals surface area contributed by atoms with Crippen LogP contribution in [0.2, 0.25) is 0 Å². The minimum Gasteiger partial charge on any atom is -0.383 e. The maximum atomic E-state index is 14.9. The van der Waals surface area contributed by atoms with Gasteiger partial charge in [-0.3, -0.25) is 65.8 Å². The van der Waals surface area contributed by atoms with Crippen LogP contribution in [-0.2, 0) is 142 Å². The number of aromatic nitrogens is 18. The summed E-state index contributed by atoms with van der Waals surface area (Å²) in [4.78, 5) is 190. The number of anilines is 4. The SMILES string of the molecule is Cc1cn([C@H]2CC(OP(O)(=S)OC[C@H]3O[C@@H](n4cnc5c(N)ncnc54)CC3OP(=O)(S)OC[C@H]3O[C@@H](n4cc(C)c(=O)[nH]c4=O)CC3OP(O)(=S)OC[C@H]3O[C@@H](n4cc(C)c(=O)[nH]c4=O)CC3OP(O)(O)=S)[C@@H](COP(O)(=S)OC3C[C@H](n4cnc5c(N)ncnc54)O[C@@H]3COP(O)(=S)OC3C[C@H](n4cnc5c(=O)[nH]c(N)nc54)O[C@@H]3C)O2)c(=O)nc1N. The standard InChI is InChI=1S/C60H78N22O30P6S6/c1-24-11-77(58(86)72-48(24)61)40-7-30(35(103-40)15-98-117(94,123)111-32-9-43(80-21-69-45-49(62)65-19-67-51(45)80)105-37(32)17-96-114(91,120)108-28-5-42(101-27(28)4)82-23-71-47-53(82)73-57(64)74-56(47)85)109-116(93,122)100-18-38-33(10-44(106-38)81-22-70-46-50(63)66-20-68-52(46)81)112-118(95,124)99-16-36-31(8-41(104-36)79-13-26(3)55(84)76-60(79)88)110-115(92,121)97-14-34-29(107-113(89,90)119)6-39(102-34)78-12-25(2)54(83)75-59(78)87/h11-13,19-23,27-44H,5-10,14-18H2,1-4H3,(H,91,120)(H,92,121)(H,93,122)(H,94,123)(H,95,124)(H2,61,72,86)(H2,62,65,67)(H2,63,66,68)(H,75,83,87)(H,76,84,88)(H2,89,90,119)(H3,64,73,74,85)/t27-,28?,29?,30?,31?,32?,33?,34-,35-,36-,37-,38-,39-,40-,41-,42-,43-,44-,114?,115?,116?,117?,118?/m1/s1. The zero-order valence-corrected chi connectivity index (χ0v) is 74.8. The number of imidazole rings is 3. The van der Waals surface area contributed by atoms with Gasteiger partial charge in [0.15, 0.2) is 34.1 Å². The van der Waals surface area contributed by atoms with E-state index in [0.29, 0.717) is 5.56 Å². The van der Waals surface area contributed by atoms with E-state index in [9.17, 15) is 62.7 Å². The Morgan fingerprint density at radius 3 is 1.19 bits per heavy atom. The summed E-state index contributed by atoms with van der Waals surface area (Å²) < 4.78 is 126. The first-order chi connectivity index (χ1) is 58.4. The first-order valence-corrected chi connectivity index (χ1v) is 52.6. The average Bonchev–Trinajstić information content (AvgIpc) is 1.63. The number of rotatable bonds is 33. The highest BCUT2D eigenvalue weighted by atomic mass is 32.7. The first-order valence-electron chi connectivity index (χ1n) is 36.9. The van der Waals surface area contributed by atoms with Crippen LogP contribution < -0.4 is 56.7 Å². The van der Waals surface area contributed by atoms with Crippen molar-refractivity contribution < 1.29 is 112 Å². The van der Waals surface area contributed by atoms with E-state index in [1.807, 2.05) is 0 Å². The van der Waals surface area contributed by atoms with Gasteiger partial charge in [-0.05, 0) is 86.7 Å². The minimum absolute atomic E-state index is 0.000516. The largest absolute Gasteiger partial charge is 0.386 e. The summed E-state index contributed by atoms with van der Waals surface area (Å²) in [7, 11) is 0. The van der Waals surface area contributed by atoms with Crippen LogP contribution >= 0.6 is 52.6 Å². The molecule has 15 rings (SSSR count). The maximum absolute atomic E-state index is 14.9. The lowest BCUT2D eigenvalue weighted by molar-refractivity contribution is -0.0557. The summed E-state index contributed by atoms with van der Waals surface area (Å²) in [5.74, 6) is -0.215. The van der Waals surface area contributed by atoms with Gasteiger partial charge in [0.1, 0.15) is 103 Å². The van der Waals surface area contributed by atoms with Crippen LogP contribution in [0.4, 0.5) is 23.4 Å². The molecule has 9 aromatic heterocycles. The summed E-state index contributed by atoms with van der Waals surface area (Å²) in [6, 6.07) is 0. The minimum atomic E-state index is -4.79. The van der Waals surface area contributed by atoms with Gasteiger partial charge in [-0.1, -0.05) is 12.2 Å². The van der Waals surface area contributed by atoms with E-state index in [2.05, 4.69) is 72.1 Å². The zero-order chi connectivity index (χ0) is 88.8. The summed E-state index contributed by atoms with van der Waals surface area (Å²) in [6.45, 7) is -24.8. The fraction of sp³-hybridized carbons (Fsp3) is 0.550. The number of nitrogens with zero attached hydrogens (tertiary/aromatic N) is 15. The maximum Gasteiger partial charge on any atom is 0.386 e. The Balaban J connectivity index is 0.636. The van der Waals surface area contributed by atoms with Gasteiger partial charge in [-0.15, -0.1) is 0 Å². The molecule has 64 heteroatoms. The topological polar surface area (TPSA) is 695 Å². The van der Waals surface area contributed by atoms with Gasteiger partial charge in [0, 0.05) is 73.8 Å². The third-order valence-electron chi connectivity index (χ3n) is 20.4. The summed E-state index contributed by atoms with van der Waals surface area (Å²) >= 11 is 31.4. The van der Waals surface area contributed by atoms with E-state index in [0.717, 1.165) is 13.7 Å². The fourth-order valence-corrected chi connectivity index (χ4v) is 22.8. The summed E-state index contributed by atoms with van der Waals surface area (Å²) in [5, 5.41) is 0. The molecule has 17 N–H and O–H groups in total. The van der Waals surface area contributed by atoms with Gasteiger partial charge in [-0.25, -0.2) is 53.8 Å². The highest BCUT2D eigenvalue weighted by Gasteiger charge is 2.50. The Labute approximate surface area is 725 Å². The second-order valence-corrected chi connectivity index (χ2v) is 45.6. The number of ether oxygens (including phenoxy) is 6. The molecule has 0 bridgehead atoms. The molecular formula is C60H78N22O30P6S6. The van der Waals surface area contributed by atoms with Gasteiger partial charge in [-0.2, -0.15) is 9.97 Å². The summed E-state index contributed by atoms with van der Waals surface area (Å²) in [6.07, 6.45) is -13.2. The van der Waals surface area contributed by atoms with Crippen molar-refractivity contribution in [2.45, 2.75) is 177 Å². The Hall–Kier alpha value is -6.20. The quantitative estimate of drug-likeness (QED) is 0.0198. The van der Waals surface area contributed by atoms with Gasteiger partial charge in [0.2, 0.25) is 5.95 Å². The first kappa shape index (κ1) is 92.5. The number of nitrogens with one attached hydrogen (secondary N) is 3. The Morgan fingerprint density at radius 2 is 0.766 bits per heavy atom. The molecular weight excluding hydrogens is 1890 g/mol. The molecule has 0 amide bonds. The molecule has 6 fully saturated rings. The number of thiol groups is 1. The van der Waals surface area contributed by atoms with Crippen molar-refractivity contribution in [3.63, 3.8) is 0 Å². The number of nitrogen functional groups attached to an aromatic ring is 4. The lowest BCUT2D eigenvalue weighted by atomic mass is 10.2. The Morgan fingerprint density at radius 1 is 0.419 bits per heavy atom. The molecule has 674 valence electrons. The molecule has 6 saturated heterocycles. The molecule has 6 aliphatic heterocycles. The molecule has 0 radical (unpaired) electrons. The van der Waals surface area contributed by atoms with Crippen LogP contribution in [0.1, 0.15) is 99.5 Å². The van der Waals surface area contributed by atoms with Crippen molar-refractivity contribution in [3.8, 4) is 0 Å². The van der Waals surface area contributed by atoms with E-state index in [1.165, 1.54) is 77.8 Å². The monoisotopic (exact) mass is 1960 g/mol.